The van der Waals surface area contributed by atoms with Crippen molar-refractivity contribution in [1.29, 1.82) is 0 Å². The number of hydrogen-bond acceptors (Lipinski definition) is 4. The molecule has 0 saturated heterocycles. The van der Waals surface area contributed by atoms with E-state index in [0.29, 0.717) is 6.54 Å². The predicted molar refractivity (Wildman–Crippen MR) is 126 cm³/mol. The van der Waals surface area contributed by atoms with Gasteiger partial charge in [0.05, 0.1) is 6.10 Å². The Morgan fingerprint density at radius 1 is 1.09 bits per heavy atom. The van der Waals surface area contributed by atoms with Crippen LogP contribution in [-0.4, -0.2) is 29.4 Å². The van der Waals surface area contributed by atoms with E-state index in [-0.39, 0.29) is 12.1 Å². The number of carbonyl (C=O) groups excluding carboxylic acids is 1. The van der Waals surface area contributed by atoms with Crippen molar-refractivity contribution >= 4 is 6.09 Å². The van der Waals surface area contributed by atoms with Crippen molar-refractivity contribution < 1.29 is 23.4 Å². The lowest BCUT2D eigenvalue weighted by Gasteiger charge is -2.20. The summed E-state index contributed by atoms with van der Waals surface area (Å²) in [6, 6.07) is 15.5. The first kappa shape index (κ1) is 29.5. The third kappa shape index (κ3) is 13.7. The van der Waals surface area contributed by atoms with Gasteiger partial charge in [0.15, 0.2) is 0 Å². The number of amides is 1. The molecule has 4 N–H and O–H groups in total. The molecular weight excluding hydrogens is 414 g/mol. The van der Waals surface area contributed by atoms with Crippen LogP contribution in [0, 0.1) is 6.92 Å². The molecule has 32 heavy (non-hydrogen) atoms. The van der Waals surface area contributed by atoms with Gasteiger partial charge in [0.2, 0.25) is 0 Å². The van der Waals surface area contributed by atoms with Gasteiger partial charge >= 0.3 is 6.09 Å². The number of nitrogens with two attached hydrogens (primary N) is 1. The molecule has 0 heterocycles. The zero-order valence-corrected chi connectivity index (χ0v) is 20.0. The number of ether oxygens (including phenoxy) is 1. The third-order valence-corrected chi connectivity index (χ3v) is 3.89. The average Bonchev–Trinajstić information content (AvgIpc) is 2.68. The van der Waals surface area contributed by atoms with Gasteiger partial charge in [-0.1, -0.05) is 74.0 Å². The van der Waals surface area contributed by atoms with E-state index in [1.165, 1.54) is 12.1 Å². The van der Waals surface area contributed by atoms with Crippen molar-refractivity contribution in [2.24, 2.45) is 5.73 Å². The Labute approximate surface area is 191 Å². The molecule has 1 atom stereocenters. The van der Waals surface area contributed by atoms with Crippen molar-refractivity contribution in [3.8, 4) is 0 Å². The van der Waals surface area contributed by atoms with Crippen molar-refractivity contribution in [2.45, 2.75) is 72.1 Å². The highest BCUT2D eigenvalue weighted by molar-refractivity contribution is 5.65. The Morgan fingerprint density at radius 2 is 1.69 bits per heavy atom. The number of primary amides is 1. The van der Waals surface area contributed by atoms with Crippen LogP contribution in [0.2, 0.25) is 0 Å². The van der Waals surface area contributed by atoms with E-state index < -0.39 is 30.1 Å². The molecule has 0 aliphatic heterocycles. The van der Waals surface area contributed by atoms with Crippen LogP contribution in [0.15, 0.2) is 54.6 Å². The number of alkyl halides is 2. The minimum absolute atomic E-state index is 0.0623. The van der Waals surface area contributed by atoms with Gasteiger partial charge < -0.3 is 20.9 Å². The molecule has 0 spiro atoms. The van der Waals surface area contributed by atoms with Gasteiger partial charge in [-0.3, -0.25) is 0 Å². The van der Waals surface area contributed by atoms with Crippen LogP contribution in [0.1, 0.15) is 57.7 Å². The quantitative estimate of drug-likeness (QED) is 0.515. The molecule has 0 aliphatic rings. The standard InChI is InChI=1S/C18H21F2NO.C5H11NO2.C2H6/c1-14-6-5-7-15(10-14)12-21-13-17(22)11-18(19,20)16-8-3-2-4-9-16;1-5(2,3)8-4(6)7;1-2/h2-10,17,21-22H,11-13H2,1H3;1-3H3,(H2,6,7);1-2H3. The average molecular weight is 453 g/mol. The number of benzene rings is 2. The summed E-state index contributed by atoms with van der Waals surface area (Å²) in [7, 11) is 0. The Balaban J connectivity index is 0.000000814. The van der Waals surface area contributed by atoms with Crippen molar-refractivity contribution in [3.63, 3.8) is 0 Å². The van der Waals surface area contributed by atoms with Crippen LogP contribution < -0.4 is 11.1 Å². The molecule has 1 unspecified atom stereocenters. The largest absolute Gasteiger partial charge is 0.444 e. The topological polar surface area (TPSA) is 84.6 Å². The Kier molecular flexibility index (Phi) is 13.4. The molecule has 2 aromatic carbocycles. The van der Waals surface area contributed by atoms with Crippen molar-refractivity contribution in [3.05, 3.63) is 71.3 Å². The minimum Gasteiger partial charge on any atom is -0.444 e. The van der Waals surface area contributed by atoms with Gasteiger partial charge in [-0.25, -0.2) is 13.6 Å². The van der Waals surface area contributed by atoms with Crippen LogP contribution in [0.5, 0.6) is 0 Å². The van der Waals surface area contributed by atoms with Crippen molar-refractivity contribution in [1.82, 2.24) is 5.32 Å². The molecule has 2 rings (SSSR count). The highest BCUT2D eigenvalue weighted by atomic mass is 19.3. The Morgan fingerprint density at radius 3 is 2.16 bits per heavy atom. The summed E-state index contributed by atoms with van der Waals surface area (Å²) < 4.78 is 32.6. The smallest absolute Gasteiger partial charge is 0.405 e. The fraction of sp³-hybridized carbons (Fsp3) is 0.480. The molecule has 2 aromatic rings. The molecule has 0 bridgehead atoms. The van der Waals surface area contributed by atoms with E-state index >= 15 is 0 Å². The van der Waals surface area contributed by atoms with E-state index in [4.69, 9.17) is 5.73 Å². The number of nitrogens with one attached hydrogen (secondary N) is 1. The molecule has 0 aliphatic carbocycles. The number of aryl methyl sites for hydroxylation is 1. The molecule has 5 nitrogen and oxygen atoms in total. The van der Waals surface area contributed by atoms with Gasteiger partial charge in [-0.15, -0.1) is 0 Å². The molecule has 180 valence electrons. The summed E-state index contributed by atoms with van der Waals surface area (Å²) in [5, 5.41) is 12.9. The van der Waals surface area contributed by atoms with Crippen LogP contribution in [0.4, 0.5) is 13.6 Å². The number of halogens is 2. The first-order valence-corrected chi connectivity index (χ1v) is 10.7. The Bertz CT molecular complexity index is 778. The molecular formula is C25H38F2N2O3. The normalized spacial score (nSPS) is 11.9. The summed E-state index contributed by atoms with van der Waals surface area (Å²) in [6.07, 6.45) is -2.41. The van der Waals surface area contributed by atoms with Crippen LogP contribution in [0.3, 0.4) is 0 Å². The second-order valence-electron chi connectivity index (χ2n) is 8.08. The molecule has 0 aromatic heterocycles. The number of rotatable bonds is 7. The van der Waals surface area contributed by atoms with Crippen molar-refractivity contribution in [2.75, 3.05) is 6.54 Å². The van der Waals surface area contributed by atoms with Gasteiger partial charge in [0, 0.05) is 25.1 Å². The van der Waals surface area contributed by atoms with E-state index in [0.717, 1.165) is 11.1 Å². The third-order valence-electron chi connectivity index (χ3n) is 3.89. The lowest BCUT2D eigenvalue weighted by atomic mass is 10.0. The summed E-state index contributed by atoms with van der Waals surface area (Å²) in [5.74, 6) is -3.02. The van der Waals surface area contributed by atoms with Gasteiger partial charge in [-0.05, 0) is 33.3 Å². The first-order valence-electron chi connectivity index (χ1n) is 10.7. The molecule has 7 heteroatoms. The molecule has 0 radical (unpaired) electrons. The summed E-state index contributed by atoms with van der Waals surface area (Å²) in [4.78, 5) is 10.0. The van der Waals surface area contributed by atoms with Gasteiger partial charge in [0.25, 0.3) is 5.92 Å². The highest BCUT2D eigenvalue weighted by Crippen LogP contribution is 2.32. The minimum atomic E-state index is -3.02. The van der Waals surface area contributed by atoms with Gasteiger partial charge in [-0.2, -0.15) is 0 Å². The summed E-state index contributed by atoms with van der Waals surface area (Å²) in [6.45, 7) is 12.0. The zero-order chi connectivity index (χ0) is 24.8. The predicted octanol–water partition coefficient (Wildman–Crippen LogP) is 5.53. The molecule has 1 amide bonds. The highest BCUT2D eigenvalue weighted by Gasteiger charge is 2.33. The van der Waals surface area contributed by atoms with Crippen LogP contribution in [-0.2, 0) is 17.2 Å². The monoisotopic (exact) mass is 452 g/mol. The summed E-state index contributed by atoms with van der Waals surface area (Å²) in [5.41, 5.74) is 6.42. The lowest BCUT2D eigenvalue weighted by Crippen LogP contribution is -2.31. The first-order chi connectivity index (χ1) is 14.9. The number of aliphatic hydroxyl groups is 1. The maximum Gasteiger partial charge on any atom is 0.405 e. The summed E-state index contributed by atoms with van der Waals surface area (Å²) >= 11 is 0. The maximum absolute atomic E-state index is 14.0. The Hall–Kier alpha value is -2.51. The number of carbonyl (C=O) groups is 1. The SMILES string of the molecule is CC.CC(C)(C)OC(N)=O.Cc1cccc(CNCC(O)CC(F)(F)c2ccccc2)c1. The van der Waals surface area contributed by atoms with E-state index in [9.17, 15) is 18.7 Å². The lowest BCUT2D eigenvalue weighted by molar-refractivity contribution is -0.0493. The van der Waals surface area contributed by atoms with Crippen LogP contribution >= 0.6 is 0 Å². The van der Waals surface area contributed by atoms with E-state index in [2.05, 4.69) is 10.1 Å². The van der Waals surface area contributed by atoms with E-state index in [1.54, 1.807) is 39.0 Å². The molecule has 0 fully saturated rings. The second kappa shape index (κ2) is 14.5. The second-order valence-corrected chi connectivity index (χ2v) is 8.08. The molecule has 0 saturated carbocycles. The maximum atomic E-state index is 14.0. The van der Waals surface area contributed by atoms with Crippen LogP contribution in [0.25, 0.3) is 0 Å². The van der Waals surface area contributed by atoms with E-state index in [1.807, 2.05) is 45.0 Å². The van der Waals surface area contributed by atoms with Gasteiger partial charge in [0.1, 0.15) is 5.60 Å². The fourth-order valence-corrected chi connectivity index (χ4v) is 2.67. The number of aliphatic hydroxyl groups excluding tert-OH is 1. The fourth-order valence-electron chi connectivity index (χ4n) is 2.67. The number of hydrogen-bond donors (Lipinski definition) is 3. The zero-order valence-electron chi connectivity index (χ0n) is 20.0.